The number of carbonyl (C=O) groups excluding carboxylic acids is 3. The minimum absolute atomic E-state index is 0.299. The molecule has 3 aromatic carbocycles. The molecule has 31 heavy (non-hydrogen) atoms. The van der Waals surface area contributed by atoms with Gasteiger partial charge >= 0.3 is 5.97 Å². The molecule has 158 valence electrons. The molecule has 0 saturated heterocycles. The molecule has 0 aliphatic heterocycles. The molecule has 3 rings (SSSR count). The maximum atomic E-state index is 12.3. The second-order valence-electron chi connectivity index (χ2n) is 6.50. The van der Waals surface area contributed by atoms with Gasteiger partial charge in [-0.1, -0.05) is 60.7 Å². The first-order valence-corrected chi connectivity index (χ1v) is 9.59. The van der Waals surface area contributed by atoms with Crippen LogP contribution in [-0.4, -0.2) is 38.0 Å². The molecule has 0 atom stereocenters. The molecule has 0 saturated carbocycles. The molecule has 2 N–H and O–H groups in total. The summed E-state index contributed by atoms with van der Waals surface area (Å²) in [5, 5.41) is 5.20. The first-order chi connectivity index (χ1) is 15.1. The van der Waals surface area contributed by atoms with E-state index in [1.54, 1.807) is 36.4 Å². The summed E-state index contributed by atoms with van der Waals surface area (Å²) in [6.45, 7) is -0.836. The Morgan fingerprint density at radius 2 is 1.52 bits per heavy atom. The monoisotopic (exact) mass is 418 g/mol. The predicted molar refractivity (Wildman–Crippen MR) is 117 cm³/mol. The fourth-order valence-corrected chi connectivity index (χ4v) is 2.92. The Balaban J connectivity index is 1.50. The van der Waals surface area contributed by atoms with Crippen molar-refractivity contribution >= 4 is 23.5 Å². The summed E-state index contributed by atoms with van der Waals surface area (Å²) in [6.07, 6.45) is 0. The van der Waals surface area contributed by atoms with Crippen molar-refractivity contribution in [3.8, 4) is 16.9 Å². The molecule has 0 unspecified atom stereocenters. The summed E-state index contributed by atoms with van der Waals surface area (Å²) >= 11 is 0. The molecule has 2 amide bonds. The van der Waals surface area contributed by atoms with Crippen LogP contribution in [0.1, 0.15) is 10.4 Å². The summed E-state index contributed by atoms with van der Waals surface area (Å²) in [6, 6.07) is 23.6. The molecule has 0 aliphatic carbocycles. The molecule has 0 heterocycles. The van der Waals surface area contributed by atoms with Gasteiger partial charge in [0.1, 0.15) is 12.3 Å². The Kier molecular flexibility index (Phi) is 7.37. The van der Waals surface area contributed by atoms with Crippen LogP contribution in [-0.2, 0) is 14.3 Å². The second kappa shape index (κ2) is 10.6. The first kappa shape index (κ1) is 21.6. The Morgan fingerprint density at radius 3 is 2.29 bits per heavy atom. The van der Waals surface area contributed by atoms with Gasteiger partial charge in [0.25, 0.3) is 11.8 Å². The van der Waals surface area contributed by atoms with Gasteiger partial charge in [-0.15, -0.1) is 0 Å². The van der Waals surface area contributed by atoms with E-state index in [-0.39, 0.29) is 6.54 Å². The van der Waals surface area contributed by atoms with E-state index in [4.69, 9.17) is 9.47 Å². The van der Waals surface area contributed by atoms with Crippen LogP contribution in [0, 0.1) is 0 Å². The fourth-order valence-electron chi connectivity index (χ4n) is 2.92. The van der Waals surface area contributed by atoms with Crippen LogP contribution in [0.15, 0.2) is 78.9 Å². The van der Waals surface area contributed by atoms with Gasteiger partial charge in [0, 0.05) is 11.3 Å². The van der Waals surface area contributed by atoms with E-state index in [0.717, 1.165) is 11.1 Å². The van der Waals surface area contributed by atoms with E-state index < -0.39 is 24.4 Å². The van der Waals surface area contributed by atoms with Gasteiger partial charge in [0.15, 0.2) is 6.61 Å². The van der Waals surface area contributed by atoms with Gasteiger partial charge in [-0.2, -0.15) is 0 Å². The zero-order valence-corrected chi connectivity index (χ0v) is 17.0. The number of carbonyl (C=O) groups is 3. The number of esters is 1. The van der Waals surface area contributed by atoms with Gasteiger partial charge in [-0.05, 0) is 23.8 Å². The Labute approximate surface area is 180 Å². The Hall–Kier alpha value is -4.13. The van der Waals surface area contributed by atoms with Gasteiger partial charge < -0.3 is 20.1 Å². The number of amides is 2. The Morgan fingerprint density at radius 1 is 0.839 bits per heavy atom. The molecular formula is C24H22N2O5. The minimum atomic E-state index is -0.727. The maximum Gasteiger partial charge on any atom is 0.325 e. The first-order valence-electron chi connectivity index (χ1n) is 9.59. The molecule has 7 nitrogen and oxygen atoms in total. The van der Waals surface area contributed by atoms with E-state index in [9.17, 15) is 14.4 Å². The lowest BCUT2D eigenvalue weighted by Crippen LogP contribution is -2.32. The van der Waals surface area contributed by atoms with Crippen LogP contribution >= 0.6 is 0 Å². The number of para-hydroxylation sites is 2. The quantitative estimate of drug-likeness (QED) is 0.548. The van der Waals surface area contributed by atoms with Crippen LogP contribution in [0.2, 0.25) is 0 Å². The summed E-state index contributed by atoms with van der Waals surface area (Å²) < 4.78 is 10.1. The van der Waals surface area contributed by atoms with Crippen molar-refractivity contribution in [1.29, 1.82) is 0 Å². The molecule has 0 bridgehead atoms. The number of hydrogen-bond donors (Lipinski definition) is 2. The number of benzene rings is 3. The predicted octanol–water partition coefficient (Wildman–Crippen LogP) is 3.27. The van der Waals surface area contributed by atoms with E-state index >= 15 is 0 Å². The minimum Gasteiger partial charge on any atom is -0.496 e. The van der Waals surface area contributed by atoms with Gasteiger partial charge in [0.05, 0.1) is 12.7 Å². The highest BCUT2D eigenvalue weighted by molar-refractivity contribution is 5.99. The van der Waals surface area contributed by atoms with Crippen molar-refractivity contribution in [2.45, 2.75) is 0 Å². The lowest BCUT2D eigenvalue weighted by atomic mass is 10.0. The molecule has 0 spiro atoms. The van der Waals surface area contributed by atoms with E-state index in [2.05, 4.69) is 10.6 Å². The topological polar surface area (TPSA) is 93.7 Å². The average molecular weight is 418 g/mol. The molecule has 0 fully saturated rings. The zero-order valence-electron chi connectivity index (χ0n) is 17.0. The smallest absolute Gasteiger partial charge is 0.325 e. The molecule has 7 heteroatoms. The van der Waals surface area contributed by atoms with Crippen LogP contribution in [0.3, 0.4) is 0 Å². The number of ether oxygens (including phenoxy) is 2. The summed E-state index contributed by atoms with van der Waals surface area (Å²) in [7, 11) is 1.45. The standard InChI is InChI=1S/C24H22N2O5/c1-30-21-14-8-6-12-19(21)24(29)25-15-23(28)31-16-22(27)26-20-13-7-5-11-18(20)17-9-3-2-4-10-17/h2-14H,15-16H2,1H3,(H,25,29)(H,26,27). The van der Waals surface area contributed by atoms with Gasteiger partial charge in [-0.3, -0.25) is 14.4 Å². The van der Waals surface area contributed by atoms with Crippen molar-refractivity contribution < 1.29 is 23.9 Å². The third-order valence-corrected chi connectivity index (χ3v) is 4.40. The summed E-state index contributed by atoms with van der Waals surface area (Å²) in [5.74, 6) is -1.29. The number of methoxy groups -OCH3 is 1. The normalized spacial score (nSPS) is 10.1. The average Bonchev–Trinajstić information content (AvgIpc) is 2.82. The van der Waals surface area contributed by atoms with Crippen molar-refractivity contribution in [2.75, 3.05) is 25.6 Å². The third-order valence-electron chi connectivity index (χ3n) is 4.40. The number of anilines is 1. The lowest BCUT2D eigenvalue weighted by Gasteiger charge is -2.12. The van der Waals surface area contributed by atoms with Crippen LogP contribution in [0.25, 0.3) is 11.1 Å². The number of rotatable bonds is 8. The highest BCUT2D eigenvalue weighted by Gasteiger charge is 2.14. The molecule has 0 radical (unpaired) electrons. The lowest BCUT2D eigenvalue weighted by molar-refractivity contribution is -0.146. The maximum absolute atomic E-state index is 12.3. The largest absolute Gasteiger partial charge is 0.496 e. The zero-order chi connectivity index (χ0) is 22.1. The third kappa shape index (κ3) is 5.93. The Bertz CT molecular complexity index is 1070. The number of nitrogens with one attached hydrogen (secondary N) is 2. The molecule has 0 aliphatic rings. The molecule has 0 aromatic heterocycles. The highest BCUT2D eigenvalue weighted by Crippen LogP contribution is 2.27. The fraction of sp³-hybridized carbons (Fsp3) is 0.125. The van der Waals surface area contributed by atoms with E-state index in [1.165, 1.54) is 7.11 Å². The van der Waals surface area contributed by atoms with Crippen molar-refractivity contribution in [1.82, 2.24) is 5.32 Å². The van der Waals surface area contributed by atoms with Crippen LogP contribution < -0.4 is 15.4 Å². The summed E-state index contributed by atoms with van der Waals surface area (Å²) in [5.41, 5.74) is 2.72. The van der Waals surface area contributed by atoms with Gasteiger partial charge in [0.2, 0.25) is 0 Å². The van der Waals surface area contributed by atoms with Crippen LogP contribution in [0.5, 0.6) is 5.75 Å². The number of hydrogen-bond acceptors (Lipinski definition) is 5. The SMILES string of the molecule is COc1ccccc1C(=O)NCC(=O)OCC(=O)Nc1ccccc1-c1ccccc1. The highest BCUT2D eigenvalue weighted by atomic mass is 16.5. The molecular weight excluding hydrogens is 396 g/mol. The second-order valence-corrected chi connectivity index (χ2v) is 6.50. The van der Waals surface area contributed by atoms with Crippen molar-refractivity contribution in [3.05, 3.63) is 84.4 Å². The summed E-state index contributed by atoms with van der Waals surface area (Å²) in [4.78, 5) is 36.4. The van der Waals surface area contributed by atoms with Crippen LogP contribution in [0.4, 0.5) is 5.69 Å². The van der Waals surface area contributed by atoms with Crippen molar-refractivity contribution in [3.63, 3.8) is 0 Å². The van der Waals surface area contributed by atoms with E-state index in [1.807, 2.05) is 42.5 Å². The molecule has 3 aromatic rings. The van der Waals surface area contributed by atoms with E-state index in [0.29, 0.717) is 17.0 Å². The van der Waals surface area contributed by atoms with Gasteiger partial charge in [-0.25, -0.2) is 0 Å². The van der Waals surface area contributed by atoms with Crippen molar-refractivity contribution in [2.24, 2.45) is 0 Å².